The van der Waals surface area contributed by atoms with Crippen molar-refractivity contribution >= 4 is 19.8 Å². The topological polar surface area (TPSA) is 0 Å². The van der Waals surface area contributed by atoms with Crippen molar-refractivity contribution in [3.8, 4) is 0 Å². The fourth-order valence-corrected chi connectivity index (χ4v) is 0. The van der Waals surface area contributed by atoms with Crippen molar-refractivity contribution in [2.75, 3.05) is 0 Å². The van der Waals surface area contributed by atoms with E-state index in [2.05, 4.69) is 19.8 Å². The number of hydrogen-bond donors (Lipinski definition) is 0. The van der Waals surface area contributed by atoms with Crippen LogP contribution in [-0.2, 0) is 14.8 Å². The molecule has 0 radical (unpaired) electrons. The first-order valence-electron chi connectivity index (χ1n) is 0.704. The van der Waals surface area contributed by atoms with E-state index in [1.54, 1.807) is 0 Å². The Kier molecular flexibility index (Phi) is 35.9. The van der Waals surface area contributed by atoms with E-state index in [1.807, 2.05) is 0 Å². The second kappa shape index (κ2) is 18.9. The molecule has 28 valence electrons. The molecular formula is CHF2IZn. The van der Waals surface area contributed by atoms with E-state index < -0.39 is 6.93 Å². The molecule has 5 heavy (non-hydrogen) atoms. The van der Waals surface area contributed by atoms with Gasteiger partial charge >= 0.3 is 34.5 Å². The molecule has 0 heterocycles. The third kappa shape index (κ3) is 36.6. The molecule has 0 fully saturated rings. The monoisotopic (exact) mass is 242 g/mol. The quantitative estimate of drug-likeness (QED) is 0.346. The van der Waals surface area contributed by atoms with Gasteiger partial charge in [-0.1, -0.05) is 0 Å². The summed E-state index contributed by atoms with van der Waals surface area (Å²) >= 11 is 3.62. The van der Waals surface area contributed by atoms with Crippen LogP contribution in [0.4, 0.5) is 8.78 Å². The summed E-state index contributed by atoms with van der Waals surface area (Å²) in [5.74, 6) is 0. The van der Waals surface area contributed by atoms with Crippen LogP contribution in [0, 0.1) is 6.93 Å². The van der Waals surface area contributed by atoms with Crippen LogP contribution in [0.2, 0.25) is 0 Å². The molecule has 0 aromatic heterocycles. The zero-order chi connectivity index (χ0) is 4.71. The summed E-state index contributed by atoms with van der Waals surface area (Å²) in [7, 11) is 0. The van der Waals surface area contributed by atoms with Crippen molar-refractivity contribution in [1.29, 1.82) is 0 Å². The van der Waals surface area contributed by atoms with Crippen LogP contribution in [-0.4, -0.2) is 0 Å². The van der Waals surface area contributed by atoms with Crippen molar-refractivity contribution < 1.29 is 23.6 Å². The summed E-state index contributed by atoms with van der Waals surface area (Å²) in [6, 6.07) is 0. The molecule has 0 amide bonds. The fourth-order valence-electron chi connectivity index (χ4n) is 0. The van der Waals surface area contributed by atoms with Crippen molar-refractivity contribution in [3.63, 3.8) is 0 Å². The predicted molar refractivity (Wildman–Crippen MR) is 20.5 cm³/mol. The molecule has 0 aliphatic carbocycles. The summed E-state index contributed by atoms with van der Waals surface area (Å²) in [4.78, 5) is 0. The van der Waals surface area contributed by atoms with Gasteiger partial charge in [0.25, 0.3) is 0 Å². The van der Waals surface area contributed by atoms with E-state index in [1.165, 1.54) is 14.8 Å². The van der Waals surface area contributed by atoms with Gasteiger partial charge in [0.1, 0.15) is 0 Å². The van der Waals surface area contributed by atoms with Gasteiger partial charge in [-0.3, -0.25) is 0 Å². The fraction of sp³-hybridized carbons (Fsp3) is 0. The molecule has 0 atom stereocenters. The van der Waals surface area contributed by atoms with Gasteiger partial charge in [0.05, 0.1) is 0 Å². The summed E-state index contributed by atoms with van der Waals surface area (Å²) in [6.45, 7) is -1.00. The van der Waals surface area contributed by atoms with Crippen LogP contribution < -0.4 is 0 Å². The normalized spacial score (nSPS) is 5.00. The second-order valence-electron chi connectivity index (χ2n) is 0.0825. The third-order valence-electron chi connectivity index (χ3n) is 0. The first kappa shape index (κ1) is 9.51. The summed E-state index contributed by atoms with van der Waals surface area (Å²) in [5.41, 5.74) is 0. The van der Waals surface area contributed by atoms with Gasteiger partial charge in [-0.25, -0.2) is 0 Å². The van der Waals surface area contributed by atoms with Crippen LogP contribution in [0.15, 0.2) is 0 Å². The molecule has 0 rings (SSSR count). The van der Waals surface area contributed by atoms with Crippen LogP contribution >= 0.6 is 19.8 Å². The van der Waals surface area contributed by atoms with E-state index in [9.17, 15) is 8.78 Å². The van der Waals surface area contributed by atoms with Crippen LogP contribution in [0.3, 0.4) is 0 Å². The first-order chi connectivity index (χ1) is 2.41. The molecule has 0 saturated carbocycles. The van der Waals surface area contributed by atoms with Gasteiger partial charge in [-0.2, -0.15) is 0 Å². The van der Waals surface area contributed by atoms with Crippen molar-refractivity contribution in [1.82, 2.24) is 0 Å². The van der Waals surface area contributed by atoms with Crippen molar-refractivity contribution in [2.45, 2.75) is 0 Å². The van der Waals surface area contributed by atoms with Crippen LogP contribution in [0.25, 0.3) is 0 Å². The average molecular weight is 243 g/mol. The van der Waals surface area contributed by atoms with E-state index in [-0.39, 0.29) is 0 Å². The van der Waals surface area contributed by atoms with Crippen LogP contribution in [0.5, 0.6) is 0 Å². The summed E-state index contributed by atoms with van der Waals surface area (Å²) in [6.07, 6.45) is 0. The minimum absolute atomic E-state index is 1.00. The molecule has 0 unspecified atom stereocenters. The summed E-state index contributed by atoms with van der Waals surface area (Å²) < 4.78 is 19.0. The Morgan fingerprint density at radius 2 is 1.40 bits per heavy atom. The molecule has 0 N–H and O–H groups in total. The molecular weight excluding hydrogens is 242 g/mol. The number of hydrogen-bond acceptors (Lipinski definition) is 0. The van der Waals surface area contributed by atoms with E-state index in [0.29, 0.717) is 0 Å². The van der Waals surface area contributed by atoms with E-state index in [4.69, 9.17) is 0 Å². The molecule has 0 aromatic carbocycles. The molecule has 0 saturated heterocycles. The van der Waals surface area contributed by atoms with E-state index >= 15 is 0 Å². The Balaban J connectivity index is 0. The molecule has 4 heteroatoms. The van der Waals surface area contributed by atoms with Crippen molar-refractivity contribution in [3.05, 3.63) is 6.93 Å². The first-order valence-corrected chi connectivity index (χ1v) is 9.75. The zero-order valence-electron chi connectivity index (χ0n) is 2.42. The Morgan fingerprint density at radius 1 is 1.40 bits per heavy atom. The maximum absolute atomic E-state index is 9.50. The van der Waals surface area contributed by atoms with Gasteiger partial charge in [-0.15, -0.1) is 0 Å². The number of rotatable bonds is 0. The van der Waals surface area contributed by atoms with Gasteiger partial charge in [0, 0.05) is 0 Å². The van der Waals surface area contributed by atoms with Gasteiger partial charge in [-0.05, 0) is 6.93 Å². The Labute approximate surface area is 50.2 Å². The SMILES string of the molecule is F[CH-]F.[Zn+][I]. The maximum atomic E-state index is 9.50. The Morgan fingerprint density at radius 3 is 1.40 bits per heavy atom. The Bertz CT molecular complexity index is 9.61. The third-order valence-corrected chi connectivity index (χ3v) is 0. The average Bonchev–Trinajstić information content (AvgIpc) is 1.46. The Hall–Kier alpha value is 1.21. The minimum atomic E-state index is -1.00. The van der Waals surface area contributed by atoms with Gasteiger partial charge < -0.3 is 8.78 Å². The molecule has 0 aromatic rings. The molecule has 0 aliphatic rings. The number of halogens is 3. The molecule has 0 spiro atoms. The molecule has 0 aliphatic heterocycles. The zero-order valence-corrected chi connectivity index (χ0v) is 7.54. The van der Waals surface area contributed by atoms with Gasteiger partial charge in [0.15, 0.2) is 0 Å². The molecule has 0 bridgehead atoms. The van der Waals surface area contributed by atoms with E-state index in [0.717, 1.165) is 0 Å². The van der Waals surface area contributed by atoms with Gasteiger partial charge in [0.2, 0.25) is 0 Å². The predicted octanol–water partition coefficient (Wildman–Crippen LogP) is 1.93. The standard InChI is InChI=1S/CHF2.HI.Zn/c2-1-3;;/h1H;1H;/q-1;;+2/p-1. The molecule has 0 nitrogen and oxygen atoms in total. The second-order valence-corrected chi connectivity index (χ2v) is 0.0825. The van der Waals surface area contributed by atoms with Crippen molar-refractivity contribution in [2.24, 2.45) is 0 Å². The summed E-state index contributed by atoms with van der Waals surface area (Å²) in [5, 5.41) is 0. The van der Waals surface area contributed by atoms with Crippen LogP contribution in [0.1, 0.15) is 0 Å².